The number of fused-ring (bicyclic) bond motifs is 2. The highest BCUT2D eigenvalue weighted by molar-refractivity contribution is 5.73. The van der Waals surface area contributed by atoms with Crippen LogP contribution >= 0.6 is 0 Å². The molecule has 188 valence electrons. The molecule has 0 aliphatic carbocycles. The second kappa shape index (κ2) is 11.7. The fourth-order valence-corrected chi connectivity index (χ4v) is 4.49. The minimum absolute atomic E-state index is 0.261. The average molecular weight is 496 g/mol. The molecule has 0 amide bonds. The maximum absolute atomic E-state index is 11.7. The van der Waals surface area contributed by atoms with E-state index in [1.807, 2.05) is 79.1 Å². The van der Waals surface area contributed by atoms with Crippen LogP contribution in [-0.4, -0.2) is 40.3 Å². The highest BCUT2D eigenvalue weighted by atomic mass is 16.5. The van der Waals surface area contributed by atoms with Gasteiger partial charge in [0.15, 0.2) is 6.10 Å². The molecular formula is C30H29N3O4. The summed E-state index contributed by atoms with van der Waals surface area (Å²) in [5.74, 6) is -0.217. The van der Waals surface area contributed by atoms with Crippen molar-refractivity contribution in [2.75, 3.05) is 18.1 Å². The second-order valence-corrected chi connectivity index (χ2v) is 8.94. The van der Waals surface area contributed by atoms with Crippen LogP contribution in [-0.2, 0) is 29.0 Å². The molecule has 1 aliphatic heterocycles. The molecule has 7 nitrogen and oxygen atoms in total. The SMILES string of the molecule is O=C(O)C(Cc1ccc(OCCCN2c3cccnc3Cc3ncccc32)cc1)OCc1ccccc1. The van der Waals surface area contributed by atoms with Gasteiger partial charge in [-0.2, -0.15) is 0 Å². The van der Waals surface area contributed by atoms with Gasteiger partial charge in [0.2, 0.25) is 0 Å². The highest BCUT2D eigenvalue weighted by Crippen LogP contribution is 2.36. The van der Waals surface area contributed by atoms with Gasteiger partial charge in [-0.1, -0.05) is 42.5 Å². The lowest BCUT2D eigenvalue weighted by Gasteiger charge is -2.31. The lowest BCUT2D eigenvalue weighted by molar-refractivity contribution is -0.151. The lowest BCUT2D eigenvalue weighted by atomic mass is 10.0. The molecule has 0 saturated carbocycles. The van der Waals surface area contributed by atoms with E-state index in [0.717, 1.165) is 59.0 Å². The van der Waals surface area contributed by atoms with Crippen LogP contribution in [0.2, 0.25) is 0 Å². The van der Waals surface area contributed by atoms with E-state index in [-0.39, 0.29) is 13.0 Å². The Bertz CT molecular complexity index is 1280. The molecular weight excluding hydrogens is 466 g/mol. The van der Waals surface area contributed by atoms with Crippen LogP contribution in [0.1, 0.15) is 28.9 Å². The molecule has 0 bridgehead atoms. The summed E-state index contributed by atoms with van der Waals surface area (Å²) in [4.78, 5) is 23.1. The third-order valence-electron chi connectivity index (χ3n) is 6.36. The smallest absolute Gasteiger partial charge is 0.333 e. The quantitative estimate of drug-likeness (QED) is 0.286. The molecule has 37 heavy (non-hydrogen) atoms. The Balaban J connectivity index is 1.13. The maximum atomic E-state index is 11.7. The molecule has 1 unspecified atom stereocenters. The van der Waals surface area contributed by atoms with E-state index in [4.69, 9.17) is 9.47 Å². The number of aliphatic carboxylic acids is 1. The van der Waals surface area contributed by atoms with Gasteiger partial charge >= 0.3 is 5.97 Å². The first-order valence-corrected chi connectivity index (χ1v) is 12.4. The average Bonchev–Trinajstić information content (AvgIpc) is 2.94. The van der Waals surface area contributed by atoms with Crippen molar-refractivity contribution < 1.29 is 19.4 Å². The van der Waals surface area contributed by atoms with Crippen molar-refractivity contribution >= 4 is 17.3 Å². The van der Waals surface area contributed by atoms with Crippen LogP contribution < -0.4 is 9.64 Å². The van der Waals surface area contributed by atoms with E-state index < -0.39 is 12.1 Å². The van der Waals surface area contributed by atoms with Crippen molar-refractivity contribution in [1.82, 2.24) is 9.97 Å². The van der Waals surface area contributed by atoms with E-state index in [9.17, 15) is 9.90 Å². The number of rotatable bonds is 11. The predicted molar refractivity (Wildman–Crippen MR) is 141 cm³/mol. The number of hydrogen-bond acceptors (Lipinski definition) is 6. The van der Waals surface area contributed by atoms with Gasteiger partial charge in [-0.15, -0.1) is 0 Å². The molecule has 7 heteroatoms. The van der Waals surface area contributed by atoms with Crippen LogP contribution in [0.4, 0.5) is 11.4 Å². The lowest BCUT2D eigenvalue weighted by Crippen LogP contribution is -2.26. The molecule has 0 fully saturated rings. The topological polar surface area (TPSA) is 84.8 Å². The first-order chi connectivity index (χ1) is 18.2. The van der Waals surface area contributed by atoms with Crippen molar-refractivity contribution in [1.29, 1.82) is 0 Å². The fraction of sp³-hybridized carbons (Fsp3) is 0.233. The minimum Gasteiger partial charge on any atom is -0.494 e. The Morgan fingerprint density at radius 3 is 2.19 bits per heavy atom. The number of pyridine rings is 2. The monoisotopic (exact) mass is 495 g/mol. The van der Waals surface area contributed by atoms with Gasteiger partial charge < -0.3 is 19.5 Å². The molecule has 4 aromatic rings. The minimum atomic E-state index is -0.970. The van der Waals surface area contributed by atoms with E-state index in [0.29, 0.717) is 6.61 Å². The largest absolute Gasteiger partial charge is 0.494 e. The molecule has 1 N–H and O–H groups in total. The number of carboxylic acids is 1. The zero-order valence-electron chi connectivity index (χ0n) is 20.5. The molecule has 5 rings (SSSR count). The van der Waals surface area contributed by atoms with E-state index in [2.05, 4.69) is 27.0 Å². The van der Waals surface area contributed by atoms with E-state index in [1.54, 1.807) is 0 Å². The molecule has 2 aromatic carbocycles. The van der Waals surface area contributed by atoms with Crippen molar-refractivity contribution in [2.24, 2.45) is 0 Å². The molecule has 1 atom stereocenters. The summed E-state index contributed by atoms with van der Waals surface area (Å²) in [6, 6.07) is 25.3. The van der Waals surface area contributed by atoms with Crippen molar-refractivity contribution in [3.63, 3.8) is 0 Å². The number of nitrogens with zero attached hydrogens (tertiary/aromatic N) is 3. The van der Waals surface area contributed by atoms with Gasteiger partial charge in [0.25, 0.3) is 0 Å². The Morgan fingerprint density at radius 2 is 1.54 bits per heavy atom. The van der Waals surface area contributed by atoms with Crippen LogP contribution in [0.15, 0.2) is 91.3 Å². The maximum Gasteiger partial charge on any atom is 0.333 e. The number of carboxylic acid groups (broad SMARTS) is 1. The molecule has 1 aliphatic rings. The van der Waals surface area contributed by atoms with Gasteiger partial charge in [0, 0.05) is 31.8 Å². The van der Waals surface area contributed by atoms with E-state index in [1.165, 1.54) is 0 Å². The van der Waals surface area contributed by atoms with Crippen molar-refractivity contribution in [3.05, 3.63) is 114 Å². The van der Waals surface area contributed by atoms with Crippen LogP contribution in [0.3, 0.4) is 0 Å². The summed E-state index contributed by atoms with van der Waals surface area (Å²) in [5, 5.41) is 9.58. The number of benzene rings is 2. The Labute approximate surface area is 216 Å². The van der Waals surface area contributed by atoms with E-state index >= 15 is 0 Å². The summed E-state index contributed by atoms with van der Waals surface area (Å²) >= 11 is 0. The zero-order valence-corrected chi connectivity index (χ0v) is 20.5. The van der Waals surface area contributed by atoms with Gasteiger partial charge in [-0.3, -0.25) is 9.97 Å². The van der Waals surface area contributed by atoms with Gasteiger partial charge in [0.05, 0.1) is 36.0 Å². The summed E-state index contributed by atoms with van der Waals surface area (Å²) in [6.07, 6.45) is 4.59. The first-order valence-electron chi connectivity index (χ1n) is 12.4. The predicted octanol–water partition coefficient (Wildman–Crippen LogP) is 5.20. The fourth-order valence-electron chi connectivity index (χ4n) is 4.49. The third kappa shape index (κ3) is 6.13. The second-order valence-electron chi connectivity index (χ2n) is 8.94. The van der Waals surface area contributed by atoms with Gasteiger partial charge in [-0.25, -0.2) is 4.79 Å². The summed E-state index contributed by atoms with van der Waals surface area (Å²) in [7, 11) is 0. The molecule has 2 aromatic heterocycles. The number of anilines is 2. The van der Waals surface area contributed by atoms with Crippen molar-refractivity contribution in [2.45, 2.75) is 32.0 Å². The molecule has 3 heterocycles. The number of ether oxygens (including phenoxy) is 2. The zero-order chi connectivity index (χ0) is 25.5. The molecule has 0 radical (unpaired) electrons. The normalized spacial score (nSPS) is 12.9. The molecule has 0 spiro atoms. The summed E-state index contributed by atoms with van der Waals surface area (Å²) in [5.41, 5.74) is 6.15. The third-order valence-corrected chi connectivity index (χ3v) is 6.36. The standard InChI is InChI=1S/C30H29N3O4/c34-30(35)29(37-21-23-7-2-1-3-8-23)19-22-11-13-24(14-12-22)36-18-6-17-33-27-9-4-15-31-25(27)20-26-28(33)10-5-16-32-26/h1-5,7-16,29H,6,17-21H2,(H,34,35). The van der Waals surface area contributed by atoms with Crippen LogP contribution in [0.5, 0.6) is 5.75 Å². The number of hydrogen-bond donors (Lipinski definition) is 1. The summed E-state index contributed by atoms with van der Waals surface area (Å²) in [6.45, 7) is 1.60. The summed E-state index contributed by atoms with van der Waals surface area (Å²) < 4.78 is 11.6. The number of aromatic nitrogens is 2. The Kier molecular flexibility index (Phi) is 7.72. The van der Waals surface area contributed by atoms with Gasteiger partial charge in [0.1, 0.15) is 5.75 Å². The molecule has 0 saturated heterocycles. The van der Waals surface area contributed by atoms with Crippen LogP contribution in [0, 0.1) is 0 Å². The first kappa shape index (κ1) is 24.5. The number of carbonyl (C=O) groups is 1. The Hall–Kier alpha value is -4.23. The van der Waals surface area contributed by atoms with Crippen LogP contribution in [0.25, 0.3) is 0 Å². The van der Waals surface area contributed by atoms with Crippen molar-refractivity contribution in [3.8, 4) is 5.75 Å². The highest BCUT2D eigenvalue weighted by Gasteiger charge is 2.23. The Morgan fingerprint density at radius 1 is 0.865 bits per heavy atom. The van der Waals surface area contributed by atoms with Gasteiger partial charge in [-0.05, 0) is 53.9 Å².